The van der Waals surface area contributed by atoms with Crippen LogP contribution in [0.4, 0.5) is 0 Å². The average molecular weight is 382 g/mol. The molecular weight excluding hydrogens is 367 g/mol. The Kier molecular flexibility index (Phi) is 4.14. The molecule has 4 rings (SSSR count). The van der Waals surface area contributed by atoms with E-state index in [9.17, 15) is 4.79 Å². The van der Waals surface area contributed by atoms with Crippen molar-refractivity contribution in [2.45, 2.75) is 13.5 Å². The summed E-state index contributed by atoms with van der Waals surface area (Å²) in [5.74, 6) is -0.446. The van der Waals surface area contributed by atoms with Crippen LogP contribution in [0.1, 0.15) is 21.5 Å². The van der Waals surface area contributed by atoms with Crippen molar-refractivity contribution >= 4 is 50.9 Å². The lowest BCUT2D eigenvalue weighted by atomic mass is 10.1. The number of hydrogen-bond acceptors (Lipinski definition) is 1. The molecule has 0 unspecified atom stereocenters. The minimum atomic E-state index is -0.446. The van der Waals surface area contributed by atoms with Crippen LogP contribution in [-0.2, 0) is 6.54 Å². The standard InChI is InChI=1S/C21H15Cl2N2O/c1-12-5-7-14-19(9-12)25(11-13-6-8-16(22)17(23)10-13)18-4-2-3-15(20(14)18)21(24)26/h2-6,8-10H,11H2,1H3,(H2,24,26). The van der Waals surface area contributed by atoms with E-state index in [1.54, 1.807) is 12.1 Å². The highest BCUT2D eigenvalue weighted by atomic mass is 35.5. The van der Waals surface area contributed by atoms with Gasteiger partial charge in [-0.05, 0) is 54.4 Å². The van der Waals surface area contributed by atoms with Crippen molar-refractivity contribution < 1.29 is 4.79 Å². The molecule has 1 aromatic heterocycles. The molecule has 0 bridgehead atoms. The number of hydrogen-bond donors (Lipinski definition) is 1. The molecule has 3 nitrogen and oxygen atoms in total. The van der Waals surface area contributed by atoms with Crippen LogP contribution in [0.15, 0.2) is 48.5 Å². The number of aryl methyl sites for hydroxylation is 1. The third kappa shape index (κ3) is 2.74. The molecule has 4 aromatic rings. The first-order chi connectivity index (χ1) is 12.5. The van der Waals surface area contributed by atoms with E-state index in [1.165, 1.54) is 0 Å². The average Bonchev–Trinajstić information content (AvgIpc) is 2.91. The monoisotopic (exact) mass is 381 g/mol. The van der Waals surface area contributed by atoms with Gasteiger partial charge in [0.05, 0.1) is 21.1 Å². The Labute approximate surface area is 160 Å². The van der Waals surface area contributed by atoms with E-state index in [1.807, 2.05) is 37.3 Å². The number of carbonyl (C=O) groups is 1. The third-order valence-electron chi connectivity index (χ3n) is 4.53. The van der Waals surface area contributed by atoms with E-state index >= 15 is 0 Å². The fourth-order valence-corrected chi connectivity index (χ4v) is 3.68. The van der Waals surface area contributed by atoms with Crippen molar-refractivity contribution in [3.8, 4) is 0 Å². The Bertz CT molecular complexity index is 1180. The molecule has 26 heavy (non-hydrogen) atoms. The van der Waals surface area contributed by atoms with E-state index in [2.05, 4.69) is 16.7 Å². The smallest absolute Gasteiger partial charge is 0.249 e. The summed E-state index contributed by atoms with van der Waals surface area (Å²) in [4.78, 5) is 11.9. The fraction of sp³-hybridized carbons (Fsp3) is 0.0952. The molecule has 0 aliphatic carbocycles. The minimum absolute atomic E-state index is 0.446. The minimum Gasteiger partial charge on any atom is -0.366 e. The molecule has 0 spiro atoms. The van der Waals surface area contributed by atoms with Gasteiger partial charge in [-0.25, -0.2) is 0 Å². The zero-order chi connectivity index (χ0) is 18.4. The highest BCUT2D eigenvalue weighted by Crippen LogP contribution is 2.33. The van der Waals surface area contributed by atoms with E-state index < -0.39 is 5.91 Å². The molecule has 0 atom stereocenters. The number of rotatable bonds is 3. The van der Waals surface area contributed by atoms with Crippen LogP contribution in [0.25, 0.3) is 21.8 Å². The zero-order valence-corrected chi connectivity index (χ0v) is 15.5. The number of primary amides is 1. The van der Waals surface area contributed by atoms with Crippen molar-refractivity contribution in [2.75, 3.05) is 0 Å². The molecule has 0 saturated heterocycles. The Morgan fingerprint density at radius 3 is 2.65 bits per heavy atom. The van der Waals surface area contributed by atoms with Gasteiger partial charge in [0.2, 0.25) is 5.91 Å². The number of nitrogens with two attached hydrogens (primary N) is 1. The molecule has 0 saturated carbocycles. The largest absolute Gasteiger partial charge is 0.366 e. The van der Waals surface area contributed by atoms with Crippen molar-refractivity contribution in [1.29, 1.82) is 0 Å². The lowest BCUT2D eigenvalue weighted by Crippen LogP contribution is -2.11. The van der Waals surface area contributed by atoms with Gasteiger partial charge in [0.15, 0.2) is 0 Å². The summed E-state index contributed by atoms with van der Waals surface area (Å²) in [6.45, 7) is 2.61. The van der Waals surface area contributed by atoms with Crippen molar-refractivity contribution in [3.63, 3.8) is 0 Å². The SMILES string of the molecule is Cc1c[c]c2c3c(C(N)=O)cccc3n(Cc3ccc(Cl)c(Cl)c3)c2c1. The molecule has 0 fully saturated rings. The summed E-state index contributed by atoms with van der Waals surface area (Å²) < 4.78 is 2.15. The zero-order valence-electron chi connectivity index (χ0n) is 14.0. The predicted octanol–water partition coefficient (Wildman–Crippen LogP) is 5.36. The lowest BCUT2D eigenvalue weighted by Gasteiger charge is -2.09. The van der Waals surface area contributed by atoms with Crippen LogP contribution in [0.3, 0.4) is 0 Å². The summed E-state index contributed by atoms with van der Waals surface area (Å²) in [5.41, 5.74) is 10.2. The van der Waals surface area contributed by atoms with Crippen LogP contribution < -0.4 is 5.73 Å². The normalized spacial score (nSPS) is 11.3. The summed E-state index contributed by atoms with van der Waals surface area (Å²) in [6.07, 6.45) is 0. The van der Waals surface area contributed by atoms with E-state index in [4.69, 9.17) is 28.9 Å². The summed E-state index contributed by atoms with van der Waals surface area (Å²) in [7, 11) is 0. The van der Waals surface area contributed by atoms with Gasteiger partial charge in [0.25, 0.3) is 0 Å². The summed E-state index contributed by atoms with van der Waals surface area (Å²) >= 11 is 12.2. The molecule has 3 aromatic carbocycles. The number of amides is 1. The van der Waals surface area contributed by atoms with Crippen LogP contribution >= 0.6 is 23.2 Å². The number of aromatic nitrogens is 1. The van der Waals surface area contributed by atoms with Crippen molar-refractivity contribution in [3.05, 3.63) is 81.3 Å². The second kappa shape index (κ2) is 6.35. The van der Waals surface area contributed by atoms with Crippen molar-refractivity contribution in [2.24, 2.45) is 5.73 Å². The topological polar surface area (TPSA) is 48.0 Å². The van der Waals surface area contributed by atoms with Crippen LogP contribution in [-0.4, -0.2) is 10.5 Å². The quantitative estimate of drug-likeness (QED) is 0.510. The number of fused-ring (bicyclic) bond motifs is 3. The highest BCUT2D eigenvalue weighted by molar-refractivity contribution is 6.42. The van der Waals surface area contributed by atoms with Crippen molar-refractivity contribution in [1.82, 2.24) is 4.57 Å². The molecule has 1 amide bonds. The van der Waals surface area contributed by atoms with Gasteiger partial charge in [-0.15, -0.1) is 0 Å². The van der Waals surface area contributed by atoms with Gasteiger partial charge in [-0.1, -0.05) is 41.4 Å². The van der Waals surface area contributed by atoms with Gasteiger partial charge >= 0.3 is 0 Å². The Morgan fingerprint density at radius 1 is 1.12 bits per heavy atom. The maximum Gasteiger partial charge on any atom is 0.249 e. The third-order valence-corrected chi connectivity index (χ3v) is 5.27. The summed E-state index contributed by atoms with van der Waals surface area (Å²) in [6, 6.07) is 18.5. The van der Waals surface area contributed by atoms with Gasteiger partial charge < -0.3 is 10.3 Å². The number of nitrogens with zero attached hydrogens (tertiary/aromatic N) is 1. The van der Waals surface area contributed by atoms with Gasteiger partial charge in [0, 0.05) is 22.9 Å². The number of carbonyl (C=O) groups excluding carboxylic acids is 1. The first-order valence-corrected chi connectivity index (χ1v) is 8.88. The maximum absolute atomic E-state index is 11.9. The van der Waals surface area contributed by atoms with Crippen LogP contribution in [0, 0.1) is 13.0 Å². The van der Waals surface area contributed by atoms with Gasteiger partial charge in [0.1, 0.15) is 0 Å². The number of halogens is 2. The molecule has 1 radical (unpaired) electrons. The van der Waals surface area contributed by atoms with E-state index in [0.29, 0.717) is 22.2 Å². The van der Waals surface area contributed by atoms with Crippen LogP contribution in [0.2, 0.25) is 10.0 Å². The molecule has 1 heterocycles. The molecule has 129 valence electrons. The second-order valence-corrected chi connectivity index (χ2v) is 7.15. The Balaban J connectivity index is 2.03. The molecule has 2 N–H and O–H groups in total. The maximum atomic E-state index is 11.9. The number of benzene rings is 3. The first-order valence-electron chi connectivity index (χ1n) is 8.12. The molecule has 0 aliphatic rings. The lowest BCUT2D eigenvalue weighted by molar-refractivity contribution is 0.100. The fourth-order valence-electron chi connectivity index (χ4n) is 3.36. The predicted molar refractivity (Wildman–Crippen MR) is 107 cm³/mol. The second-order valence-electron chi connectivity index (χ2n) is 6.34. The van der Waals surface area contributed by atoms with E-state index in [0.717, 1.165) is 32.9 Å². The van der Waals surface area contributed by atoms with E-state index in [-0.39, 0.29) is 0 Å². The first kappa shape index (κ1) is 17.0. The van der Waals surface area contributed by atoms with Gasteiger partial charge in [-0.2, -0.15) is 0 Å². The summed E-state index contributed by atoms with van der Waals surface area (Å²) in [5, 5.41) is 2.76. The van der Waals surface area contributed by atoms with Crippen LogP contribution in [0.5, 0.6) is 0 Å². The molecule has 0 aliphatic heterocycles. The Morgan fingerprint density at radius 2 is 1.92 bits per heavy atom. The van der Waals surface area contributed by atoms with Gasteiger partial charge in [-0.3, -0.25) is 4.79 Å². The highest BCUT2D eigenvalue weighted by Gasteiger charge is 2.17. The molecule has 5 heteroatoms. The molecular formula is C21H15Cl2N2O. The Hall–Kier alpha value is -2.49.